The van der Waals surface area contributed by atoms with Gasteiger partial charge in [-0.05, 0) is 12.5 Å². The Morgan fingerprint density at radius 2 is 2.44 bits per heavy atom. The lowest BCUT2D eigenvalue weighted by molar-refractivity contribution is 0.265. The van der Waals surface area contributed by atoms with Crippen LogP contribution in [0.1, 0.15) is 13.3 Å². The Morgan fingerprint density at radius 3 is 3.12 bits per heavy atom. The van der Waals surface area contributed by atoms with Crippen LogP contribution in [-0.2, 0) is 6.54 Å². The first kappa shape index (κ1) is 11.8. The van der Waals surface area contributed by atoms with E-state index >= 15 is 0 Å². The fourth-order valence-electron chi connectivity index (χ4n) is 1.98. The van der Waals surface area contributed by atoms with Crippen molar-refractivity contribution in [3.63, 3.8) is 0 Å². The highest BCUT2D eigenvalue weighted by molar-refractivity contribution is 8.00. The first-order chi connectivity index (χ1) is 7.78. The van der Waals surface area contributed by atoms with E-state index in [1.54, 1.807) is 0 Å². The zero-order chi connectivity index (χ0) is 11.4. The van der Waals surface area contributed by atoms with Crippen LogP contribution in [0.4, 0.5) is 5.82 Å². The van der Waals surface area contributed by atoms with Crippen LogP contribution in [0, 0.1) is 0 Å². The largest absolute Gasteiger partial charge is 0.382 e. The summed E-state index contributed by atoms with van der Waals surface area (Å²) in [6.07, 6.45) is 3.22. The summed E-state index contributed by atoms with van der Waals surface area (Å²) in [6, 6.07) is 1.85. The first-order valence-electron chi connectivity index (χ1n) is 5.91. The first-order valence-corrected chi connectivity index (χ1v) is 6.95. The van der Waals surface area contributed by atoms with Gasteiger partial charge in [-0.2, -0.15) is 16.9 Å². The minimum absolute atomic E-state index is 0.612. The van der Waals surface area contributed by atoms with Gasteiger partial charge in [0.1, 0.15) is 5.82 Å². The van der Waals surface area contributed by atoms with Crippen molar-refractivity contribution in [3.05, 3.63) is 12.3 Å². The molecule has 0 spiro atoms. The van der Waals surface area contributed by atoms with E-state index in [2.05, 4.69) is 28.7 Å². The molecule has 0 radical (unpaired) electrons. The number of thioether (sulfide) groups is 1. The maximum absolute atomic E-state index is 5.58. The molecule has 2 rings (SSSR count). The number of nitrogens with zero attached hydrogens (tertiary/aromatic N) is 3. The van der Waals surface area contributed by atoms with E-state index in [4.69, 9.17) is 5.73 Å². The number of rotatable bonds is 4. The Labute approximate surface area is 101 Å². The fraction of sp³-hybridized carbons (Fsp3) is 0.727. The Morgan fingerprint density at radius 1 is 1.56 bits per heavy atom. The summed E-state index contributed by atoms with van der Waals surface area (Å²) >= 11 is 2.11. The number of aromatic nitrogens is 2. The third kappa shape index (κ3) is 3.15. The summed E-state index contributed by atoms with van der Waals surface area (Å²) in [5.74, 6) is 1.88. The second kappa shape index (κ2) is 5.59. The minimum atomic E-state index is 0.612. The topological polar surface area (TPSA) is 47.1 Å². The molecular weight excluding hydrogens is 220 g/mol. The van der Waals surface area contributed by atoms with Gasteiger partial charge in [0.15, 0.2) is 0 Å². The van der Waals surface area contributed by atoms with Crippen molar-refractivity contribution in [3.8, 4) is 0 Å². The third-order valence-corrected chi connectivity index (χ3v) is 4.36. The lowest BCUT2D eigenvalue weighted by Gasteiger charge is -2.31. The molecule has 5 heteroatoms. The van der Waals surface area contributed by atoms with Crippen molar-refractivity contribution in [1.29, 1.82) is 0 Å². The number of nitrogen functional groups attached to an aromatic ring is 1. The molecule has 1 aromatic rings. The third-order valence-electron chi connectivity index (χ3n) is 2.98. The second-order valence-corrected chi connectivity index (χ2v) is 5.61. The van der Waals surface area contributed by atoms with Gasteiger partial charge < -0.3 is 5.73 Å². The number of anilines is 1. The Hall–Kier alpha value is -0.680. The zero-order valence-electron chi connectivity index (χ0n) is 9.80. The van der Waals surface area contributed by atoms with Crippen molar-refractivity contribution in [2.75, 3.05) is 31.1 Å². The molecule has 2 heterocycles. The summed E-state index contributed by atoms with van der Waals surface area (Å²) in [4.78, 5) is 2.53. The standard InChI is InChI=1S/C11H20N4S/c1-2-10-9-14(7-8-16-10)5-6-15-4-3-11(12)13-15/h3-4,10H,2,5-9H2,1H3,(H2,12,13). The normalized spacial score (nSPS) is 22.4. The highest BCUT2D eigenvalue weighted by Gasteiger charge is 2.18. The van der Waals surface area contributed by atoms with E-state index in [0.717, 1.165) is 18.3 Å². The molecule has 0 aliphatic carbocycles. The molecule has 0 aromatic carbocycles. The second-order valence-electron chi connectivity index (χ2n) is 4.21. The van der Waals surface area contributed by atoms with Gasteiger partial charge in [0.2, 0.25) is 0 Å². The molecule has 16 heavy (non-hydrogen) atoms. The Bertz CT molecular complexity index is 326. The summed E-state index contributed by atoms with van der Waals surface area (Å²) < 4.78 is 1.93. The molecule has 1 unspecified atom stereocenters. The van der Waals surface area contributed by atoms with Crippen LogP contribution in [0.2, 0.25) is 0 Å². The van der Waals surface area contributed by atoms with Gasteiger partial charge in [0.25, 0.3) is 0 Å². The van der Waals surface area contributed by atoms with E-state index < -0.39 is 0 Å². The van der Waals surface area contributed by atoms with Crippen molar-refractivity contribution < 1.29 is 0 Å². The average molecular weight is 240 g/mol. The molecule has 90 valence electrons. The average Bonchev–Trinajstić information content (AvgIpc) is 2.73. The molecule has 1 atom stereocenters. The van der Waals surface area contributed by atoms with E-state index in [-0.39, 0.29) is 0 Å². The summed E-state index contributed by atoms with van der Waals surface area (Å²) in [5.41, 5.74) is 5.58. The SMILES string of the molecule is CCC1CN(CCn2ccc(N)n2)CCS1. The molecule has 1 aromatic heterocycles. The van der Waals surface area contributed by atoms with Crippen molar-refractivity contribution in [1.82, 2.24) is 14.7 Å². The van der Waals surface area contributed by atoms with Crippen LogP contribution < -0.4 is 5.73 Å². The molecule has 1 aliphatic heterocycles. The quantitative estimate of drug-likeness (QED) is 0.861. The summed E-state index contributed by atoms with van der Waals surface area (Å²) in [6.45, 7) is 6.72. The number of hydrogen-bond donors (Lipinski definition) is 1. The summed E-state index contributed by atoms with van der Waals surface area (Å²) in [5, 5.41) is 5.01. The van der Waals surface area contributed by atoms with E-state index in [1.807, 2.05) is 16.9 Å². The number of nitrogens with two attached hydrogens (primary N) is 1. The fourth-order valence-corrected chi connectivity index (χ4v) is 3.23. The molecule has 0 amide bonds. The maximum atomic E-state index is 5.58. The van der Waals surface area contributed by atoms with Gasteiger partial charge in [0.05, 0.1) is 6.54 Å². The van der Waals surface area contributed by atoms with Gasteiger partial charge >= 0.3 is 0 Å². The zero-order valence-corrected chi connectivity index (χ0v) is 10.6. The highest BCUT2D eigenvalue weighted by atomic mass is 32.2. The monoisotopic (exact) mass is 240 g/mol. The molecular formula is C11H20N4S. The van der Waals surface area contributed by atoms with Gasteiger partial charge in [-0.3, -0.25) is 9.58 Å². The highest BCUT2D eigenvalue weighted by Crippen LogP contribution is 2.20. The lowest BCUT2D eigenvalue weighted by atomic mass is 10.3. The molecule has 2 N–H and O–H groups in total. The molecule has 1 aliphatic rings. The van der Waals surface area contributed by atoms with Crippen LogP contribution in [0.15, 0.2) is 12.3 Å². The van der Waals surface area contributed by atoms with Crippen molar-refractivity contribution >= 4 is 17.6 Å². The van der Waals surface area contributed by atoms with E-state index in [0.29, 0.717) is 5.82 Å². The predicted octanol–water partition coefficient (Wildman–Crippen LogP) is 1.29. The van der Waals surface area contributed by atoms with Crippen LogP contribution in [0.3, 0.4) is 0 Å². The summed E-state index contributed by atoms with van der Waals surface area (Å²) in [7, 11) is 0. The molecule has 0 bridgehead atoms. The molecule has 0 saturated carbocycles. The van der Waals surface area contributed by atoms with Crippen LogP contribution in [0.5, 0.6) is 0 Å². The molecule has 1 saturated heterocycles. The Kier molecular flexibility index (Phi) is 4.12. The van der Waals surface area contributed by atoms with Gasteiger partial charge in [0, 0.05) is 36.8 Å². The van der Waals surface area contributed by atoms with Crippen molar-refractivity contribution in [2.45, 2.75) is 25.1 Å². The Balaban J connectivity index is 1.77. The van der Waals surface area contributed by atoms with E-state index in [1.165, 1.54) is 25.3 Å². The van der Waals surface area contributed by atoms with Gasteiger partial charge in [-0.15, -0.1) is 0 Å². The van der Waals surface area contributed by atoms with Crippen LogP contribution in [0.25, 0.3) is 0 Å². The predicted molar refractivity (Wildman–Crippen MR) is 69.6 cm³/mol. The smallest absolute Gasteiger partial charge is 0.145 e. The molecule has 1 fully saturated rings. The molecule has 4 nitrogen and oxygen atoms in total. The maximum Gasteiger partial charge on any atom is 0.145 e. The van der Waals surface area contributed by atoms with Crippen molar-refractivity contribution in [2.24, 2.45) is 0 Å². The van der Waals surface area contributed by atoms with Crippen LogP contribution in [-0.4, -0.2) is 45.3 Å². The number of hydrogen-bond acceptors (Lipinski definition) is 4. The van der Waals surface area contributed by atoms with E-state index in [9.17, 15) is 0 Å². The minimum Gasteiger partial charge on any atom is -0.382 e. The van der Waals surface area contributed by atoms with Gasteiger partial charge in [-0.1, -0.05) is 6.92 Å². The lowest BCUT2D eigenvalue weighted by Crippen LogP contribution is -2.39. The van der Waals surface area contributed by atoms with Crippen LogP contribution >= 0.6 is 11.8 Å². The van der Waals surface area contributed by atoms with Gasteiger partial charge in [-0.25, -0.2) is 0 Å².